The third-order valence-corrected chi connectivity index (χ3v) is 13.7. The van der Waals surface area contributed by atoms with Gasteiger partial charge in [-0.3, -0.25) is 9.59 Å². The molecule has 5 aliphatic carbocycles. The van der Waals surface area contributed by atoms with E-state index in [0.29, 0.717) is 38.0 Å². The third kappa shape index (κ3) is 3.89. The van der Waals surface area contributed by atoms with Gasteiger partial charge in [0, 0.05) is 23.3 Å². The van der Waals surface area contributed by atoms with Crippen molar-refractivity contribution in [2.45, 2.75) is 118 Å². The van der Waals surface area contributed by atoms with E-state index in [1.807, 2.05) is 6.20 Å². The molecule has 0 spiro atoms. The second-order valence-corrected chi connectivity index (χ2v) is 16.5. The van der Waals surface area contributed by atoms with Crippen LogP contribution in [0.3, 0.4) is 0 Å². The maximum atomic E-state index is 14.6. The molecule has 228 valence electrons. The molecule has 1 heterocycles. The molecule has 0 N–H and O–H groups in total. The summed E-state index contributed by atoms with van der Waals surface area (Å²) in [6, 6.07) is 0. The van der Waals surface area contributed by atoms with Gasteiger partial charge in [0.2, 0.25) is 0 Å². The van der Waals surface area contributed by atoms with Gasteiger partial charge in [-0.25, -0.2) is 0 Å². The highest BCUT2D eigenvalue weighted by molar-refractivity contribution is 5.87. The van der Waals surface area contributed by atoms with Crippen LogP contribution in [0.1, 0.15) is 111 Å². The van der Waals surface area contributed by atoms with Crippen molar-refractivity contribution in [3.05, 3.63) is 17.5 Å². The summed E-state index contributed by atoms with van der Waals surface area (Å²) in [5.41, 5.74) is -0.812. The van der Waals surface area contributed by atoms with E-state index in [-0.39, 0.29) is 50.6 Å². The van der Waals surface area contributed by atoms with Crippen LogP contribution in [0.15, 0.2) is 10.7 Å². The van der Waals surface area contributed by atoms with E-state index in [1.54, 1.807) is 0 Å². The number of nitrogens with zero attached hydrogens (tertiary/aromatic N) is 1. The largest absolute Gasteiger partial charge is 0.456 e. The fourth-order valence-corrected chi connectivity index (χ4v) is 11.6. The number of rotatable bonds is 2. The maximum absolute atomic E-state index is 14.6. The average Bonchev–Trinajstić information content (AvgIpc) is 3.32. The van der Waals surface area contributed by atoms with Crippen molar-refractivity contribution in [1.29, 1.82) is 0 Å². The van der Waals surface area contributed by atoms with Gasteiger partial charge in [-0.1, -0.05) is 53.6 Å². The number of hydrogen-bond acceptors (Lipinski definition) is 5. The Morgan fingerprint density at radius 2 is 1.68 bits per heavy atom. The van der Waals surface area contributed by atoms with E-state index in [9.17, 15) is 22.8 Å². The number of ether oxygens (including phenoxy) is 1. The Morgan fingerprint density at radius 3 is 2.37 bits per heavy atom. The first-order chi connectivity index (χ1) is 18.8. The van der Waals surface area contributed by atoms with Gasteiger partial charge in [0.05, 0.1) is 11.6 Å². The standard InChI is InChI=1S/C33H46F3NO4/c1-27(2)10-12-32(26(39)40-18-33(34,35)36)13-11-31(7)24(20(32)16-27)21(38)14-23-29(5)15-19-17-37-41-25(19)28(3,4)22(29)8-9-30(23,31)6/h17,20,22-24H,8-16,18H2,1-7H3/t20?,22?,23?,24?,29-,30+,31+,32-/m0/s1. The van der Waals surface area contributed by atoms with Crippen molar-refractivity contribution >= 4 is 11.8 Å². The molecule has 8 heteroatoms. The molecule has 4 unspecified atom stereocenters. The van der Waals surface area contributed by atoms with E-state index < -0.39 is 24.2 Å². The van der Waals surface area contributed by atoms with E-state index in [0.717, 1.165) is 37.0 Å². The summed E-state index contributed by atoms with van der Waals surface area (Å²) < 4.78 is 50.1. The second-order valence-electron chi connectivity index (χ2n) is 16.5. The molecule has 0 radical (unpaired) electrons. The number of Topliss-reactive ketones (excluding diaryl/α,β-unsaturated/α-hetero) is 1. The lowest BCUT2D eigenvalue weighted by Crippen LogP contribution is -2.69. The first-order valence-corrected chi connectivity index (χ1v) is 15.5. The Morgan fingerprint density at radius 1 is 1.00 bits per heavy atom. The van der Waals surface area contributed by atoms with Crippen LogP contribution in [-0.4, -0.2) is 29.7 Å². The lowest BCUT2D eigenvalue weighted by atomic mass is 9.31. The van der Waals surface area contributed by atoms with Crippen LogP contribution in [0.4, 0.5) is 13.2 Å². The molecule has 4 saturated carbocycles. The zero-order valence-corrected chi connectivity index (χ0v) is 25.7. The number of carbonyl (C=O) groups excluding carboxylic acids is 2. The number of aromatic nitrogens is 1. The fraction of sp³-hybridized carbons (Fsp3) is 0.848. The summed E-state index contributed by atoms with van der Waals surface area (Å²) >= 11 is 0. The molecule has 41 heavy (non-hydrogen) atoms. The van der Waals surface area contributed by atoms with Gasteiger partial charge in [0.25, 0.3) is 0 Å². The van der Waals surface area contributed by atoms with E-state index in [1.165, 1.54) is 0 Å². The molecule has 0 saturated heterocycles. The zero-order chi connectivity index (χ0) is 30.0. The Bertz CT molecular complexity index is 1270. The van der Waals surface area contributed by atoms with Gasteiger partial charge in [-0.15, -0.1) is 0 Å². The number of esters is 1. The molecule has 0 aliphatic heterocycles. The number of halogens is 3. The number of fused-ring (bicyclic) bond motifs is 8. The zero-order valence-electron chi connectivity index (χ0n) is 25.7. The predicted molar refractivity (Wildman–Crippen MR) is 147 cm³/mol. The Balaban J connectivity index is 1.41. The van der Waals surface area contributed by atoms with E-state index in [4.69, 9.17) is 9.26 Å². The molecule has 8 atom stereocenters. The van der Waals surface area contributed by atoms with Crippen molar-refractivity contribution < 1.29 is 32.0 Å². The summed E-state index contributed by atoms with van der Waals surface area (Å²) in [6.45, 7) is 14.3. The van der Waals surface area contributed by atoms with Crippen LogP contribution in [0.5, 0.6) is 0 Å². The Labute approximate surface area is 241 Å². The summed E-state index contributed by atoms with van der Waals surface area (Å²) in [5.74, 6) is 0.246. The molecule has 0 bridgehead atoms. The number of hydrogen-bond donors (Lipinski definition) is 0. The molecule has 1 aromatic rings. The van der Waals surface area contributed by atoms with Crippen LogP contribution < -0.4 is 0 Å². The van der Waals surface area contributed by atoms with E-state index in [2.05, 4.69) is 53.6 Å². The van der Waals surface area contributed by atoms with Gasteiger partial charge in [-0.05, 0) is 90.8 Å². The molecular formula is C33H46F3NO4. The SMILES string of the molecule is CC1(C)CC[C@]2(C(=O)OCC(F)(F)F)CC[C@]3(C)C(C(=O)CC4[C@@]5(C)Cc6cnoc6C(C)(C)C5CC[C@]43C)C2C1. The van der Waals surface area contributed by atoms with Crippen LogP contribution in [-0.2, 0) is 26.2 Å². The minimum absolute atomic E-state index is 0.101. The number of ketones is 1. The monoisotopic (exact) mass is 577 g/mol. The van der Waals surface area contributed by atoms with Crippen molar-refractivity contribution in [2.24, 2.45) is 50.7 Å². The van der Waals surface area contributed by atoms with Gasteiger partial charge in [0.1, 0.15) is 11.5 Å². The van der Waals surface area contributed by atoms with Crippen LogP contribution in [0, 0.1) is 50.7 Å². The molecular weight excluding hydrogens is 531 g/mol. The molecule has 0 aromatic carbocycles. The summed E-state index contributed by atoms with van der Waals surface area (Å²) in [6.07, 6.45) is 3.54. The van der Waals surface area contributed by atoms with Crippen molar-refractivity contribution in [3.8, 4) is 0 Å². The van der Waals surface area contributed by atoms with Crippen molar-refractivity contribution in [3.63, 3.8) is 0 Å². The van der Waals surface area contributed by atoms with Gasteiger partial charge in [0.15, 0.2) is 6.61 Å². The smallest absolute Gasteiger partial charge is 0.422 e. The van der Waals surface area contributed by atoms with Crippen LogP contribution in [0.2, 0.25) is 0 Å². The number of alkyl halides is 3. The molecule has 5 nitrogen and oxygen atoms in total. The molecule has 5 aliphatic rings. The molecule has 4 fully saturated rings. The minimum atomic E-state index is -4.58. The highest BCUT2D eigenvalue weighted by atomic mass is 19.4. The fourth-order valence-electron chi connectivity index (χ4n) is 11.6. The molecule has 6 rings (SSSR count). The lowest BCUT2D eigenvalue weighted by Gasteiger charge is -2.72. The van der Waals surface area contributed by atoms with Crippen LogP contribution in [0.25, 0.3) is 0 Å². The Hall–Kier alpha value is -1.86. The lowest BCUT2D eigenvalue weighted by molar-refractivity contribution is -0.236. The van der Waals surface area contributed by atoms with Crippen molar-refractivity contribution in [2.75, 3.05) is 6.61 Å². The van der Waals surface area contributed by atoms with Crippen molar-refractivity contribution in [1.82, 2.24) is 5.16 Å². The van der Waals surface area contributed by atoms with Gasteiger partial charge >= 0.3 is 12.1 Å². The molecule has 0 amide bonds. The highest BCUT2D eigenvalue weighted by Crippen LogP contribution is 2.76. The topological polar surface area (TPSA) is 69.4 Å². The maximum Gasteiger partial charge on any atom is 0.422 e. The van der Waals surface area contributed by atoms with E-state index >= 15 is 0 Å². The summed E-state index contributed by atoms with van der Waals surface area (Å²) in [5, 5.41) is 4.16. The predicted octanol–water partition coefficient (Wildman–Crippen LogP) is 7.85. The molecule has 1 aromatic heterocycles. The average molecular weight is 578 g/mol. The summed E-state index contributed by atoms with van der Waals surface area (Å²) in [4.78, 5) is 28.2. The minimum Gasteiger partial charge on any atom is -0.456 e. The quantitative estimate of drug-likeness (QED) is 0.335. The summed E-state index contributed by atoms with van der Waals surface area (Å²) in [7, 11) is 0. The van der Waals surface area contributed by atoms with Gasteiger partial charge in [-0.2, -0.15) is 13.2 Å². The van der Waals surface area contributed by atoms with Crippen LogP contribution >= 0.6 is 0 Å². The first-order valence-electron chi connectivity index (χ1n) is 15.5. The normalized spacial score (nSPS) is 44.5. The highest BCUT2D eigenvalue weighted by Gasteiger charge is 2.73. The third-order valence-electron chi connectivity index (χ3n) is 13.7. The first kappa shape index (κ1) is 29.2. The number of carbonyl (C=O) groups is 2. The second kappa shape index (κ2) is 8.62. The van der Waals surface area contributed by atoms with Gasteiger partial charge < -0.3 is 9.26 Å². The Kier molecular flexibility index (Phi) is 6.14.